The monoisotopic (exact) mass is 208 g/mol. The summed E-state index contributed by atoms with van der Waals surface area (Å²) in [6, 6.07) is 4.00. The fourth-order valence-electron chi connectivity index (χ4n) is 1.34. The molecule has 3 nitrogen and oxygen atoms in total. The van der Waals surface area contributed by atoms with Crippen molar-refractivity contribution in [2.24, 2.45) is 0 Å². The first-order valence-electron chi connectivity index (χ1n) is 5.57. The highest BCUT2D eigenvalue weighted by Gasteiger charge is 1.95. The Kier molecular flexibility index (Phi) is 5.78. The molecule has 0 radical (unpaired) electrons. The largest absolute Gasteiger partial charge is 0.377 e. The molecule has 3 heteroatoms. The van der Waals surface area contributed by atoms with Gasteiger partial charge in [-0.05, 0) is 24.1 Å². The molecule has 0 aliphatic heterocycles. The second-order valence-corrected chi connectivity index (χ2v) is 3.56. The average Bonchev–Trinajstić information content (AvgIpc) is 2.29. The quantitative estimate of drug-likeness (QED) is 0.700. The number of hydrogen-bond acceptors (Lipinski definition) is 3. The van der Waals surface area contributed by atoms with Crippen LogP contribution in [0.25, 0.3) is 0 Å². The van der Waals surface area contributed by atoms with E-state index in [0.29, 0.717) is 6.61 Å². The van der Waals surface area contributed by atoms with Crippen LogP contribution in [-0.4, -0.2) is 18.6 Å². The summed E-state index contributed by atoms with van der Waals surface area (Å²) in [5.74, 6) is 0.893. The lowest BCUT2D eigenvalue weighted by Gasteiger charge is -2.05. The van der Waals surface area contributed by atoms with Gasteiger partial charge in [-0.2, -0.15) is 0 Å². The van der Waals surface area contributed by atoms with Crippen LogP contribution in [0.3, 0.4) is 0 Å². The molecule has 1 aromatic rings. The summed E-state index contributed by atoms with van der Waals surface area (Å²) >= 11 is 0. The Bertz CT molecular complexity index is 276. The molecule has 0 aliphatic rings. The summed E-state index contributed by atoms with van der Waals surface area (Å²) in [6.07, 6.45) is 5.44. The standard InChI is InChI=1S/C12H20N2O/c1-3-4-5-8-15-10-11-6-7-14-12(9-11)13-2/h6-7,9H,3-5,8,10H2,1-2H3,(H,13,14). The van der Waals surface area contributed by atoms with Crippen molar-refractivity contribution in [2.75, 3.05) is 19.0 Å². The summed E-state index contributed by atoms with van der Waals surface area (Å²) in [7, 11) is 1.87. The van der Waals surface area contributed by atoms with Gasteiger partial charge in [-0.25, -0.2) is 4.98 Å². The predicted octanol–water partition coefficient (Wildman–Crippen LogP) is 2.83. The van der Waals surface area contributed by atoms with Crippen molar-refractivity contribution in [1.29, 1.82) is 0 Å². The van der Waals surface area contributed by atoms with E-state index < -0.39 is 0 Å². The average molecular weight is 208 g/mol. The van der Waals surface area contributed by atoms with Gasteiger partial charge in [0.2, 0.25) is 0 Å². The smallest absolute Gasteiger partial charge is 0.125 e. The van der Waals surface area contributed by atoms with E-state index in [-0.39, 0.29) is 0 Å². The number of nitrogens with one attached hydrogen (secondary N) is 1. The van der Waals surface area contributed by atoms with Crippen LogP contribution < -0.4 is 5.32 Å². The van der Waals surface area contributed by atoms with Gasteiger partial charge in [0.15, 0.2) is 0 Å². The van der Waals surface area contributed by atoms with Crippen molar-refractivity contribution in [2.45, 2.75) is 32.8 Å². The van der Waals surface area contributed by atoms with Crippen molar-refractivity contribution in [3.8, 4) is 0 Å². The van der Waals surface area contributed by atoms with Gasteiger partial charge in [0.25, 0.3) is 0 Å². The van der Waals surface area contributed by atoms with Gasteiger partial charge >= 0.3 is 0 Å². The van der Waals surface area contributed by atoms with Gasteiger partial charge in [-0.15, -0.1) is 0 Å². The maximum Gasteiger partial charge on any atom is 0.125 e. The Morgan fingerprint density at radius 2 is 2.27 bits per heavy atom. The normalized spacial score (nSPS) is 10.3. The lowest BCUT2D eigenvalue weighted by molar-refractivity contribution is 0.117. The van der Waals surface area contributed by atoms with E-state index in [1.54, 1.807) is 6.20 Å². The van der Waals surface area contributed by atoms with Crippen LogP contribution in [0, 0.1) is 0 Å². The third-order valence-electron chi connectivity index (χ3n) is 2.24. The van der Waals surface area contributed by atoms with E-state index in [1.165, 1.54) is 18.4 Å². The first kappa shape index (κ1) is 12.0. The van der Waals surface area contributed by atoms with Gasteiger partial charge in [-0.1, -0.05) is 19.8 Å². The number of anilines is 1. The number of rotatable bonds is 7. The molecule has 1 aromatic heterocycles. The topological polar surface area (TPSA) is 34.1 Å². The first-order valence-corrected chi connectivity index (χ1v) is 5.57. The highest BCUT2D eigenvalue weighted by molar-refractivity contribution is 5.36. The number of pyridine rings is 1. The molecular weight excluding hydrogens is 188 g/mol. The second kappa shape index (κ2) is 7.23. The number of nitrogens with zero attached hydrogens (tertiary/aromatic N) is 1. The van der Waals surface area contributed by atoms with Crippen LogP contribution in [-0.2, 0) is 11.3 Å². The van der Waals surface area contributed by atoms with Gasteiger partial charge in [-0.3, -0.25) is 0 Å². The zero-order valence-electron chi connectivity index (χ0n) is 9.62. The third-order valence-corrected chi connectivity index (χ3v) is 2.24. The van der Waals surface area contributed by atoms with E-state index in [0.717, 1.165) is 18.8 Å². The van der Waals surface area contributed by atoms with Crippen molar-refractivity contribution in [1.82, 2.24) is 4.98 Å². The molecule has 0 spiro atoms. The Balaban J connectivity index is 2.24. The van der Waals surface area contributed by atoms with E-state index in [4.69, 9.17) is 4.74 Å². The second-order valence-electron chi connectivity index (χ2n) is 3.56. The molecule has 0 saturated heterocycles. The van der Waals surface area contributed by atoms with Gasteiger partial charge < -0.3 is 10.1 Å². The maximum absolute atomic E-state index is 5.57. The summed E-state index contributed by atoms with van der Waals surface area (Å²) < 4.78 is 5.57. The molecule has 0 fully saturated rings. The number of aromatic nitrogens is 1. The number of hydrogen-bond donors (Lipinski definition) is 1. The Morgan fingerprint density at radius 3 is 3.00 bits per heavy atom. The Morgan fingerprint density at radius 1 is 1.40 bits per heavy atom. The molecule has 0 unspecified atom stereocenters. The molecule has 0 amide bonds. The molecule has 1 N–H and O–H groups in total. The van der Waals surface area contributed by atoms with Crippen molar-refractivity contribution in [3.63, 3.8) is 0 Å². The van der Waals surface area contributed by atoms with Crippen molar-refractivity contribution in [3.05, 3.63) is 23.9 Å². The molecule has 0 bridgehead atoms. The third kappa shape index (κ3) is 4.79. The summed E-state index contributed by atoms with van der Waals surface area (Å²) in [6.45, 7) is 3.73. The molecule has 1 rings (SSSR count). The Labute approximate surface area is 91.9 Å². The molecule has 0 aromatic carbocycles. The first-order chi connectivity index (χ1) is 7.36. The lowest BCUT2D eigenvalue weighted by atomic mass is 10.2. The van der Waals surface area contributed by atoms with Crippen LogP contribution >= 0.6 is 0 Å². The van der Waals surface area contributed by atoms with Gasteiger partial charge in [0.05, 0.1) is 6.61 Å². The zero-order chi connectivity index (χ0) is 10.9. The molecule has 0 atom stereocenters. The van der Waals surface area contributed by atoms with Gasteiger partial charge in [0, 0.05) is 19.9 Å². The van der Waals surface area contributed by atoms with Crippen LogP contribution in [0.15, 0.2) is 18.3 Å². The number of ether oxygens (including phenoxy) is 1. The van der Waals surface area contributed by atoms with Crippen molar-refractivity contribution >= 4 is 5.82 Å². The molecular formula is C12H20N2O. The van der Waals surface area contributed by atoms with Crippen molar-refractivity contribution < 1.29 is 4.74 Å². The van der Waals surface area contributed by atoms with Crippen LogP contribution in [0.5, 0.6) is 0 Å². The Hall–Kier alpha value is -1.09. The molecule has 0 aliphatic carbocycles. The van der Waals surface area contributed by atoms with E-state index in [9.17, 15) is 0 Å². The lowest BCUT2D eigenvalue weighted by Crippen LogP contribution is -1.98. The molecule has 15 heavy (non-hydrogen) atoms. The predicted molar refractivity (Wildman–Crippen MR) is 63.0 cm³/mol. The fourth-order valence-corrected chi connectivity index (χ4v) is 1.34. The summed E-state index contributed by atoms with van der Waals surface area (Å²) in [4.78, 5) is 4.15. The highest BCUT2D eigenvalue weighted by Crippen LogP contribution is 2.07. The highest BCUT2D eigenvalue weighted by atomic mass is 16.5. The molecule has 84 valence electrons. The summed E-state index contributed by atoms with van der Waals surface area (Å²) in [5.41, 5.74) is 1.17. The van der Waals surface area contributed by atoms with E-state index in [1.807, 2.05) is 19.2 Å². The van der Waals surface area contributed by atoms with E-state index in [2.05, 4.69) is 17.2 Å². The molecule has 1 heterocycles. The minimum atomic E-state index is 0.681. The summed E-state index contributed by atoms with van der Waals surface area (Å²) in [5, 5.41) is 3.01. The van der Waals surface area contributed by atoms with E-state index >= 15 is 0 Å². The van der Waals surface area contributed by atoms with Crippen LogP contribution in [0.2, 0.25) is 0 Å². The maximum atomic E-state index is 5.57. The molecule has 0 saturated carbocycles. The minimum absolute atomic E-state index is 0.681. The van der Waals surface area contributed by atoms with Gasteiger partial charge in [0.1, 0.15) is 5.82 Å². The zero-order valence-corrected chi connectivity index (χ0v) is 9.62. The fraction of sp³-hybridized carbons (Fsp3) is 0.583. The van der Waals surface area contributed by atoms with Crippen LogP contribution in [0.1, 0.15) is 31.7 Å². The SMILES string of the molecule is CCCCCOCc1ccnc(NC)c1. The number of unbranched alkanes of at least 4 members (excludes halogenated alkanes) is 2. The van der Waals surface area contributed by atoms with Crippen LogP contribution in [0.4, 0.5) is 5.82 Å². The minimum Gasteiger partial charge on any atom is -0.377 e.